The van der Waals surface area contributed by atoms with Gasteiger partial charge in [0.15, 0.2) is 0 Å². The molecule has 0 unspecified atom stereocenters. The Morgan fingerprint density at radius 1 is 1.11 bits per heavy atom. The number of aromatic nitrogens is 3. The van der Waals surface area contributed by atoms with Crippen LogP contribution >= 0.6 is 0 Å². The summed E-state index contributed by atoms with van der Waals surface area (Å²) < 4.78 is 2.04. The molecule has 3 rings (SSSR count). The van der Waals surface area contributed by atoms with Crippen molar-refractivity contribution in [3.05, 3.63) is 60.6 Å². The molecule has 0 aliphatic heterocycles. The summed E-state index contributed by atoms with van der Waals surface area (Å²) in [4.78, 5) is 8.65. The van der Waals surface area contributed by atoms with Crippen LogP contribution in [-0.2, 0) is 0 Å². The summed E-state index contributed by atoms with van der Waals surface area (Å²) in [6.45, 7) is 5.99. The summed E-state index contributed by atoms with van der Waals surface area (Å²) >= 11 is 0. The third kappa shape index (κ3) is 1.44. The molecule has 1 aromatic carbocycles. The van der Waals surface area contributed by atoms with Gasteiger partial charge >= 0.3 is 0 Å². The zero-order valence-corrected chi connectivity index (χ0v) is 10.2. The Balaban J connectivity index is 2.44. The first-order valence-corrected chi connectivity index (χ1v) is 5.83. The van der Waals surface area contributed by atoms with Crippen molar-refractivity contribution in [2.75, 3.05) is 0 Å². The lowest BCUT2D eigenvalue weighted by Gasteiger charge is -2.05. The largest absolute Gasteiger partial charge is 0.278 e. The Labute approximate surface area is 105 Å². The van der Waals surface area contributed by atoms with E-state index in [-0.39, 0.29) is 0 Å². The first kappa shape index (κ1) is 10.7. The van der Waals surface area contributed by atoms with E-state index in [1.165, 1.54) is 10.9 Å². The average molecular weight is 235 g/mol. The van der Waals surface area contributed by atoms with Crippen molar-refractivity contribution in [3.63, 3.8) is 0 Å². The first-order chi connectivity index (χ1) is 8.83. The van der Waals surface area contributed by atoms with E-state index in [4.69, 9.17) is 0 Å². The van der Waals surface area contributed by atoms with E-state index in [0.717, 1.165) is 11.2 Å². The zero-order chi connectivity index (χ0) is 12.5. The third-order valence-corrected chi connectivity index (χ3v) is 3.12. The molecule has 88 valence electrons. The molecular weight excluding hydrogens is 222 g/mol. The highest BCUT2D eigenvalue weighted by atomic mass is 15.2. The summed E-state index contributed by atoms with van der Waals surface area (Å²) in [7, 11) is 0. The molecule has 0 spiro atoms. The predicted octanol–water partition coefficient (Wildman–Crippen LogP) is 3.37. The third-order valence-electron chi connectivity index (χ3n) is 3.12. The molecule has 18 heavy (non-hydrogen) atoms. The molecule has 3 aromatic rings. The molecule has 0 saturated carbocycles. The maximum Gasteiger partial charge on any atom is 0.234 e. The second kappa shape index (κ2) is 4.11. The van der Waals surface area contributed by atoms with Gasteiger partial charge in [0.1, 0.15) is 0 Å². The predicted molar refractivity (Wildman–Crippen MR) is 73.7 cm³/mol. The number of nitrogens with zero attached hydrogens (tertiary/aromatic N) is 3. The van der Waals surface area contributed by atoms with Crippen molar-refractivity contribution in [1.29, 1.82) is 0 Å². The van der Waals surface area contributed by atoms with Crippen molar-refractivity contribution in [1.82, 2.24) is 14.5 Å². The summed E-state index contributed by atoms with van der Waals surface area (Å²) in [6.07, 6.45) is 5.35. The van der Waals surface area contributed by atoms with Gasteiger partial charge in [-0.2, -0.15) is 0 Å². The summed E-state index contributed by atoms with van der Waals surface area (Å²) in [6, 6.07) is 10.1. The van der Waals surface area contributed by atoms with E-state index in [1.54, 1.807) is 12.4 Å². The van der Waals surface area contributed by atoms with Gasteiger partial charge in [0.05, 0.1) is 11.2 Å². The summed E-state index contributed by atoms with van der Waals surface area (Å²) in [5.41, 5.74) is 3.35. The highest BCUT2D eigenvalue weighted by Crippen LogP contribution is 2.28. The van der Waals surface area contributed by atoms with Gasteiger partial charge in [0, 0.05) is 17.8 Å². The van der Waals surface area contributed by atoms with Crippen molar-refractivity contribution >= 4 is 17.0 Å². The Bertz CT molecular complexity index is 711. The van der Waals surface area contributed by atoms with Gasteiger partial charge in [-0.3, -0.25) is 4.57 Å². The summed E-state index contributed by atoms with van der Waals surface area (Å²) in [5, 5.41) is 1.21. The fourth-order valence-corrected chi connectivity index (χ4v) is 2.29. The van der Waals surface area contributed by atoms with E-state index in [9.17, 15) is 0 Å². The normalized spacial score (nSPS) is 10.7. The summed E-state index contributed by atoms with van der Waals surface area (Å²) in [5.74, 6) is 0.678. The molecule has 0 aliphatic rings. The van der Waals surface area contributed by atoms with Crippen molar-refractivity contribution in [2.24, 2.45) is 0 Å². The van der Waals surface area contributed by atoms with Crippen LogP contribution in [0.5, 0.6) is 0 Å². The monoisotopic (exact) mass is 235 g/mol. The number of hydrogen-bond donors (Lipinski definition) is 0. The lowest BCUT2D eigenvalue weighted by molar-refractivity contribution is 0.949. The van der Waals surface area contributed by atoms with Crippen LogP contribution in [0.25, 0.3) is 22.9 Å². The standard InChI is InChI=1S/C15H13N3/c1-3-13-11(2)12-7-4-5-8-14(12)18(13)15-16-9-6-10-17-15/h3-10H,1H2,2H3. The number of benzene rings is 1. The second-order valence-corrected chi connectivity index (χ2v) is 4.12. The van der Waals surface area contributed by atoms with Crippen molar-refractivity contribution in [3.8, 4) is 5.95 Å². The maximum absolute atomic E-state index is 4.33. The Kier molecular flexibility index (Phi) is 2.45. The first-order valence-electron chi connectivity index (χ1n) is 5.83. The van der Waals surface area contributed by atoms with Crippen LogP contribution in [0.4, 0.5) is 0 Å². The number of hydrogen-bond acceptors (Lipinski definition) is 2. The van der Waals surface area contributed by atoms with Gasteiger partial charge in [0.25, 0.3) is 0 Å². The fraction of sp³-hybridized carbons (Fsp3) is 0.0667. The van der Waals surface area contributed by atoms with E-state index in [2.05, 4.69) is 35.6 Å². The van der Waals surface area contributed by atoms with E-state index < -0.39 is 0 Å². The average Bonchev–Trinajstić information content (AvgIpc) is 2.73. The maximum atomic E-state index is 4.33. The van der Waals surface area contributed by atoms with Crippen LogP contribution < -0.4 is 0 Å². The van der Waals surface area contributed by atoms with Crippen molar-refractivity contribution < 1.29 is 0 Å². The van der Waals surface area contributed by atoms with E-state index in [1.807, 2.05) is 28.8 Å². The highest BCUT2D eigenvalue weighted by molar-refractivity contribution is 5.89. The Hall–Kier alpha value is -2.42. The van der Waals surface area contributed by atoms with Crippen LogP contribution in [-0.4, -0.2) is 14.5 Å². The minimum Gasteiger partial charge on any atom is -0.278 e. The van der Waals surface area contributed by atoms with Crippen LogP contribution in [0.2, 0.25) is 0 Å². The minimum atomic E-state index is 0.678. The fourth-order valence-electron chi connectivity index (χ4n) is 2.29. The SMILES string of the molecule is C=Cc1c(C)c2ccccc2n1-c1ncccn1. The molecule has 0 saturated heterocycles. The Morgan fingerprint density at radius 3 is 2.56 bits per heavy atom. The number of para-hydroxylation sites is 1. The van der Waals surface area contributed by atoms with Gasteiger partial charge in [0.2, 0.25) is 5.95 Å². The number of rotatable bonds is 2. The number of fused-ring (bicyclic) bond motifs is 1. The van der Waals surface area contributed by atoms with Gasteiger partial charge in [-0.1, -0.05) is 24.8 Å². The smallest absolute Gasteiger partial charge is 0.234 e. The molecule has 3 heteroatoms. The highest BCUT2D eigenvalue weighted by Gasteiger charge is 2.13. The van der Waals surface area contributed by atoms with Crippen LogP contribution in [0, 0.1) is 6.92 Å². The molecule has 2 aromatic heterocycles. The quantitative estimate of drug-likeness (QED) is 0.681. The molecule has 0 fully saturated rings. The minimum absolute atomic E-state index is 0.678. The lowest BCUT2D eigenvalue weighted by Crippen LogP contribution is -2.01. The zero-order valence-electron chi connectivity index (χ0n) is 10.2. The van der Waals surface area contributed by atoms with Gasteiger partial charge in [-0.05, 0) is 30.7 Å². The van der Waals surface area contributed by atoms with E-state index >= 15 is 0 Å². The van der Waals surface area contributed by atoms with Crippen LogP contribution in [0.3, 0.4) is 0 Å². The topological polar surface area (TPSA) is 30.7 Å². The molecule has 0 bridgehead atoms. The molecule has 2 heterocycles. The lowest BCUT2D eigenvalue weighted by atomic mass is 10.1. The van der Waals surface area contributed by atoms with Gasteiger partial charge in [-0.25, -0.2) is 9.97 Å². The second-order valence-electron chi connectivity index (χ2n) is 4.12. The Morgan fingerprint density at radius 2 is 1.83 bits per heavy atom. The van der Waals surface area contributed by atoms with Crippen molar-refractivity contribution in [2.45, 2.75) is 6.92 Å². The molecule has 3 nitrogen and oxygen atoms in total. The molecule has 0 amide bonds. The molecular formula is C15H13N3. The number of aryl methyl sites for hydroxylation is 1. The van der Waals surface area contributed by atoms with Gasteiger partial charge < -0.3 is 0 Å². The van der Waals surface area contributed by atoms with Crippen LogP contribution in [0.1, 0.15) is 11.3 Å². The molecule has 0 radical (unpaired) electrons. The van der Waals surface area contributed by atoms with E-state index in [0.29, 0.717) is 5.95 Å². The molecule has 0 atom stereocenters. The van der Waals surface area contributed by atoms with Crippen LogP contribution in [0.15, 0.2) is 49.3 Å². The van der Waals surface area contributed by atoms with Gasteiger partial charge in [-0.15, -0.1) is 0 Å². The molecule has 0 N–H and O–H groups in total. The molecule has 0 aliphatic carbocycles.